The van der Waals surface area contributed by atoms with Gasteiger partial charge in [-0.25, -0.2) is 5.43 Å². The quantitative estimate of drug-likeness (QED) is 0.401. The number of nitrogens with one attached hydrogen (secondary N) is 1. The molecule has 0 atom stereocenters. The predicted octanol–water partition coefficient (Wildman–Crippen LogP) is 2.98. The number of hydrazone groups is 1. The maximum absolute atomic E-state index is 11.9. The number of likely N-dealkylation sites (N-methyl/N-ethyl adjacent to an activating group) is 1. The Hall–Kier alpha value is -3.35. The maximum atomic E-state index is 11.9. The third-order valence-electron chi connectivity index (χ3n) is 4.13. The van der Waals surface area contributed by atoms with E-state index < -0.39 is 11.8 Å². The molecule has 0 saturated carbocycles. The van der Waals surface area contributed by atoms with E-state index in [0.29, 0.717) is 43.4 Å². The van der Waals surface area contributed by atoms with E-state index in [9.17, 15) is 9.59 Å². The summed E-state index contributed by atoms with van der Waals surface area (Å²) in [7, 11) is 0. The van der Waals surface area contributed by atoms with Gasteiger partial charge in [-0.3, -0.25) is 9.59 Å². The summed E-state index contributed by atoms with van der Waals surface area (Å²) in [6.07, 6.45) is 1.46. The summed E-state index contributed by atoms with van der Waals surface area (Å²) in [4.78, 5) is 25.2. The van der Waals surface area contributed by atoms with Gasteiger partial charge >= 0.3 is 11.8 Å². The molecule has 0 spiro atoms. The number of hydrogen-bond acceptors (Lipinski definition) is 5. The van der Waals surface area contributed by atoms with Crippen LogP contribution in [0, 0.1) is 0 Å². The van der Waals surface area contributed by atoms with Crippen molar-refractivity contribution in [3.63, 3.8) is 0 Å². The molecule has 0 aromatic heterocycles. The van der Waals surface area contributed by atoms with E-state index in [1.54, 1.807) is 18.2 Å². The zero-order valence-electron chi connectivity index (χ0n) is 17.1. The van der Waals surface area contributed by atoms with Crippen molar-refractivity contribution in [2.45, 2.75) is 27.4 Å². The third-order valence-corrected chi connectivity index (χ3v) is 4.13. The minimum absolute atomic E-state index is 0.428. The second kappa shape index (κ2) is 11.5. The Balaban J connectivity index is 2.02. The minimum atomic E-state index is -0.766. The molecule has 0 aliphatic heterocycles. The Bertz CT molecular complexity index is 833. The number of carbonyl (C=O) groups is 2. The van der Waals surface area contributed by atoms with Gasteiger partial charge in [-0.1, -0.05) is 30.3 Å². The van der Waals surface area contributed by atoms with Crippen molar-refractivity contribution in [3.05, 3.63) is 59.7 Å². The molecule has 0 aliphatic carbocycles. The highest BCUT2D eigenvalue weighted by Crippen LogP contribution is 2.28. The van der Waals surface area contributed by atoms with E-state index in [4.69, 9.17) is 9.47 Å². The monoisotopic (exact) mass is 397 g/mol. The van der Waals surface area contributed by atoms with Crippen molar-refractivity contribution in [2.24, 2.45) is 5.10 Å². The largest absolute Gasteiger partial charge is 0.490 e. The fraction of sp³-hybridized carbons (Fsp3) is 0.318. The Kier molecular flexibility index (Phi) is 8.69. The smallest absolute Gasteiger partial charge is 0.329 e. The molecule has 2 rings (SSSR count). The molecular formula is C22H27N3O4. The maximum Gasteiger partial charge on any atom is 0.329 e. The molecule has 0 saturated heterocycles. The number of amides is 2. The van der Waals surface area contributed by atoms with E-state index in [0.717, 1.165) is 5.56 Å². The molecule has 0 aliphatic rings. The van der Waals surface area contributed by atoms with Crippen LogP contribution in [0.4, 0.5) is 0 Å². The first-order valence-electron chi connectivity index (χ1n) is 9.64. The molecule has 0 radical (unpaired) electrons. The van der Waals surface area contributed by atoms with Crippen LogP contribution in [0.5, 0.6) is 11.5 Å². The fourth-order valence-electron chi connectivity index (χ4n) is 2.60. The van der Waals surface area contributed by atoms with Crippen LogP contribution in [0.2, 0.25) is 0 Å². The summed E-state index contributed by atoms with van der Waals surface area (Å²) in [6, 6.07) is 15.2. The van der Waals surface area contributed by atoms with Crippen molar-refractivity contribution < 1.29 is 19.1 Å². The molecule has 7 heteroatoms. The van der Waals surface area contributed by atoms with Gasteiger partial charge in [-0.2, -0.15) is 5.10 Å². The van der Waals surface area contributed by atoms with E-state index >= 15 is 0 Å². The van der Waals surface area contributed by atoms with Crippen molar-refractivity contribution in [2.75, 3.05) is 19.7 Å². The average Bonchev–Trinajstić information content (AvgIpc) is 2.75. The van der Waals surface area contributed by atoms with Crippen LogP contribution < -0.4 is 14.9 Å². The lowest BCUT2D eigenvalue weighted by molar-refractivity contribution is -0.145. The average molecular weight is 397 g/mol. The Labute approximate surface area is 171 Å². The summed E-state index contributed by atoms with van der Waals surface area (Å²) in [5.41, 5.74) is 4.02. The molecule has 1 N–H and O–H groups in total. The number of ether oxygens (including phenoxy) is 2. The predicted molar refractivity (Wildman–Crippen MR) is 112 cm³/mol. The Morgan fingerprint density at radius 3 is 2.38 bits per heavy atom. The number of rotatable bonds is 9. The van der Waals surface area contributed by atoms with Gasteiger partial charge in [0.15, 0.2) is 11.5 Å². The molecule has 0 bridgehead atoms. The van der Waals surface area contributed by atoms with Crippen LogP contribution in [0.3, 0.4) is 0 Å². The molecule has 2 aromatic rings. The molecule has 29 heavy (non-hydrogen) atoms. The van der Waals surface area contributed by atoms with Gasteiger partial charge in [0, 0.05) is 13.1 Å². The van der Waals surface area contributed by atoms with Crippen LogP contribution >= 0.6 is 0 Å². The zero-order valence-corrected chi connectivity index (χ0v) is 17.1. The van der Waals surface area contributed by atoms with Crippen molar-refractivity contribution in [3.8, 4) is 11.5 Å². The molecule has 154 valence electrons. The van der Waals surface area contributed by atoms with E-state index in [1.165, 1.54) is 11.1 Å². The number of carbonyl (C=O) groups excluding carboxylic acids is 2. The lowest BCUT2D eigenvalue weighted by atomic mass is 10.2. The molecule has 0 heterocycles. The summed E-state index contributed by atoms with van der Waals surface area (Å²) in [5, 5.41) is 3.87. The van der Waals surface area contributed by atoms with Gasteiger partial charge in [0.1, 0.15) is 6.61 Å². The molecule has 2 amide bonds. The molecule has 7 nitrogen and oxygen atoms in total. The molecular weight excluding hydrogens is 370 g/mol. The second-order valence-corrected chi connectivity index (χ2v) is 6.09. The summed E-state index contributed by atoms with van der Waals surface area (Å²) in [5.74, 6) is -0.170. The highest BCUT2D eigenvalue weighted by Gasteiger charge is 2.18. The number of benzene rings is 2. The fourth-order valence-corrected chi connectivity index (χ4v) is 2.60. The van der Waals surface area contributed by atoms with Gasteiger partial charge in [-0.05, 0) is 50.1 Å². The lowest BCUT2D eigenvalue weighted by Gasteiger charge is -2.16. The van der Waals surface area contributed by atoms with Gasteiger partial charge in [0.05, 0.1) is 12.8 Å². The van der Waals surface area contributed by atoms with E-state index in [2.05, 4.69) is 10.5 Å². The first-order chi connectivity index (χ1) is 14.1. The highest BCUT2D eigenvalue weighted by molar-refractivity contribution is 6.34. The Morgan fingerprint density at radius 1 is 1.00 bits per heavy atom. The second-order valence-electron chi connectivity index (χ2n) is 6.09. The van der Waals surface area contributed by atoms with Crippen molar-refractivity contribution in [1.82, 2.24) is 10.3 Å². The van der Waals surface area contributed by atoms with Gasteiger partial charge in [0.2, 0.25) is 0 Å². The Morgan fingerprint density at radius 2 is 1.72 bits per heavy atom. The van der Waals surface area contributed by atoms with Crippen LogP contribution in [-0.2, 0) is 16.2 Å². The highest BCUT2D eigenvalue weighted by atomic mass is 16.5. The number of hydrogen-bond donors (Lipinski definition) is 1. The third kappa shape index (κ3) is 6.64. The summed E-state index contributed by atoms with van der Waals surface area (Å²) in [6.45, 7) is 7.36. The first kappa shape index (κ1) is 21.9. The van der Waals surface area contributed by atoms with Gasteiger partial charge in [0.25, 0.3) is 0 Å². The lowest BCUT2D eigenvalue weighted by Crippen LogP contribution is -2.41. The van der Waals surface area contributed by atoms with E-state index in [-0.39, 0.29) is 0 Å². The SMILES string of the molecule is CCOc1cc(/C=N\NC(=O)C(=O)N(CC)CC)ccc1OCc1ccccc1. The topological polar surface area (TPSA) is 80.2 Å². The number of nitrogens with zero attached hydrogens (tertiary/aromatic N) is 2. The minimum Gasteiger partial charge on any atom is -0.490 e. The van der Waals surface area contributed by atoms with Crippen LogP contribution in [0.25, 0.3) is 0 Å². The zero-order chi connectivity index (χ0) is 21.1. The van der Waals surface area contributed by atoms with E-state index in [1.807, 2.05) is 51.1 Å². The van der Waals surface area contributed by atoms with Crippen LogP contribution in [-0.4, -0.2) is 42.6 Å². The summed E-state index contributed by atoms with van der Waals surface area (Å²) >= 11 is 0. The molecule has 0 fully saturated rings. The standard InChI is InChI=1S/C22H27N3O4/c1-4-25(5-2)22(27)21(26)24-23-15-18-12-13-19(20(14-18)28-6-3)29-16-17-10-8-7-9-11-17/h7-15H,4-6,16H2,1-3H3,(H,24,26)/b23-15-. The summed E-state index contributed by atoms with van der Waals surface area (Å²) < 4.78 is 11.5. The van der Waals surface area contributed by atoms with Crippen molar-refractivity contribution >= 4 is 18.0 Å². The molecule has 2 aromatic carbocycles. The van der Waals surface area contributed by atoms with Gasteiger partial charge < -0.3 is 14.4 Å². The van der Waals surface area contributed by atoms with Crippen LogP contribution in [0.15, 0.2) is 53.6 Å². The van der Waals surface area contributed by atoms with Gasteiger partial charge in [-0.15, -0.1) is 0 Å². The van der Waals surface area contributed by atoms with Crippen molar-refractivity contribution in [1.29, 1.82) is 0 Å². The first-order valence-corrected chi connectivity index (χ1v) is 9.64. The molecule has 0 unspecified atom stereocenters. The normalized spacial score (nSPS) is 10.6. The van der Waals surface area contributed by atoms with Crippen LogP contribution in [0.1, 0.15) is 31.9 Å².